The fourth-order valence-corrected chi connectivity index (χ4v) is 5.37. The molecule has 6 rings (SSSR count). The molecule has 8 heteroatoms. The van der Waals surface area contributed by atoms with Crippen molar-refractivity contribution in [2.45, 2.75) is 18.9 Å². The van der Waals surface area contributed by atoms with Crippen molar-refractivity contribution in [1.82, 2.24) is 19.5 Å². The number of hydrogen-bond donors (Lipinski definition) is 1. The first kappa shape index (κ1) is 23.0. The lowest BCUT2D eigenvalue weighted by Gasteiger charge is -2.33. The molecule has 36 heavy (non-hydrogen) atoms. The second-order valence-corrected chi connectivity index (χ2v) is 10.3. The third-order valence-electron chi connectivity index (χ3n) is 6.71. The van der Waals surface area contributed by atoms with Crippen LogP contribution in [0.2, 0.25) is 5.02 Å². The van der Waals surface area contributed by atoms with Gasteiger partial charge in [-0.2, -0.15) is 9.61 Å². The summed E-state index contributed by atoms with van der Waals surface area (Å²) < 4.78 is 2.62. The Balaban J connectivity index is 1.20. The van der Waals surface area contributed by atoms with Gasteiger partial charge in [-0.1, -0.05) is 60.1 Å². The van der Waals surface area contributed by atoms with E-state index in [1.54, 1.807) is 10.7 Å². The number of piperidine rings is 1. The van der Waals surface area contributed by atoms with E-state index in [0.717, 1.165) is 56.4 Å². The Kier molecular flexibility index (Phi) is 6.11. The minimum atomic E-state index is 0.0857. The predicted molar refractivity (Wildman–Crippen MR) is 148 cm³/mol. The van der Waals surface area contributed by atoms with E-state index in [1.165, 1.54) is 0 Å². The number of likely N-dealkylation sites (tertiary alicyclic amines) is 1. The second kappa shape index (κ2) is 9.56. The SMILES string of the molecule is O=C(c1ccc2ccccc2c1)N1CCC(Nc2cc(-c3ccccc3Cl)nc3c(Br)cnn23)CC1. The zero-order valence-electron chi connectivity index (χ0n) is 19.4. The van der Waals surface area contributed by atoms with Crippen LogP contribution in [0, 0.1) is 0 Å². The number of amides is 1. The molecule has 0 aliphatic carbocycles. The number of nitrogens with one attached hydrogen (secondary N) is 1. The average Bonchev–Trinajstić information content (AvgIpc) is 3.29. The minimum absolute atomic E-state index is 0.0857. The van der Waals surface area contributed by atoms with Gasteiger partial charge in [-0.15, -0.1) is 0 Å². The summed E-state index contributed by atoms with van der Waals surface area (Å²) in [5, 5.41) is 11.0. The van der Waals surface area contributed by atoms with E-state index >= 15 is 0 Å². The van der Waals surface area contributed by atoms with E-state index < -0.39 is 0 Å². The molecular weight excluding hydrogens is 538 g/mol. The van der Waals surface area contributed by atoms with Gasteiger partial charge in [0.25, 0.3) is 5.91 Å². The van der Waals surface area contributed by atoms with Gasteiger partial charge in [0.1, 0.15) is 5.82 Å². The van der Waals surface area contributed by atoms with Crippen molar-refractivity contribution in [3.05, 3.63) is 94.1 Å². The molecule has 1 aliphatic heterocycles. The fourth-order valence-electron chi connectivity index (χ4n) is 4.79. The standard InChI is InChI=1S/C28H23BrClN5O/c29-23-17-31-35-26(16-25(33-27(23)35)22-7-3-4-8-24(22)30)32-21-11-13-34(14-12-21)28(36)20-10-9-18-5-1-2-6-19(18)15-20/h1-10,15-17,21,32H,11-14H2. The van der Waals surface area contributed by atoms with Gasteiger partial charge in [0.2, 0.25) is 0 Å². The summed E-state index contributed by atoms with van der Waals surface area (Å²) in [5.74, 6) is 0.933. The van der Waals surface area contributed by atoms with Crippen LogP contribution in [-0.2, 0) is 0 Å². The largest absolute Gasteiger partial charge is 0.367 e. The van der Waals surface area contributed by atoms with Crippen molar-refractivity contribution < 1.29 is 4.79 Å². The van der Waals surface area contributed by atoms with Crippen molar-refractivity contribution in [3.8, 4) is 11.3 Å². The zero-order chi connectivity index (χ0) is 24.6. The van der Waals surface area contributed by atoms with Crippen molar-refractivity contribution in [2.75, 3.05) is 18.4 Å². The van der Waals surface area contributed by atoms with Crippen LogP contribution in [0.4, 0.5) is 5.82 Å². The van der Waals surface area contributed by atoms with Crippen LogP contribution in [0.15, 0.2) is 83.5 Å². The molecule has 0 unspecified atom stereocenters. The third kappa shape index (κ3) is 4.33. The van der Waals surface area contributed by atoms with Crippen molar-refractivity contribution >= 4 is 55.7 Å². The van der Waals surface area contributed by atoms with Gasteiger partial charge in [-0.3, -0.25) is 4.79 Å². The van der Waals surface area contributed by atoms with E-state index in [4.69, 9.17) is 16.6 Å². The molecule has 0 radical (unpaired) electrons. The quantitative estimate of drug-likeness (QED) is 0.266. The molecule has 3 heterocycles. The number of fused-ring (bicyclic) bond motifs is 2. The van der Waals surface area contributed by atoms with Crippen LogP contribution in [0.3, 0.4) is 0 Å². The molecule has 1 fully saturated rings. The highest BCUT2D eigenvalue weighted by Gasteiger charge is 2.25. The molecule has 0 atom stereocenters. The molecule has 1 N–H and O–H groups in total. The number of halogens is 2. The maximum atomic E-state index is 13.2. The summed E-state index contributed by atoms with van der Waals surface area (Å²) in [5.41, 5.74) is 3.11. The van der Waals surface area contributed by atoms with Gasteiger partial charge >= 0.3 is 0 Å². The van der Waals surface area contributed by atoms with Gasteiger partial charge in [0, 0.05) is 41.3 Å². The lowest BCUT2D eigenvalue weighted by molar-refractivity contribution is 0.0718. The maximum absolute atomic E-state index is 13.2. The molecule has 3 aromatic carbocycles. The number of hydrogen-bond acceptors (Lipinski definition) is 4. The molecule has 1 aliphatic rings. The molecule has 1 saturated heterocycles. The molecular formula is C28H23BrClN5O. The molecule has 0 spiro atoms. The lowest BCUT2D eigenvalue weighted by Crippen LogP contribution is -2.42. The van der Waals surface area contributed by atoms with Crippen LogP contribution in [0.1, 0.15) is 23.2 Å². The molecule has 1 amide bonds. The van der Waals surface area contributed by atoms with Gasteiger partial charge in [0.15, 0.2) is 5.65 Å². The van der Waals surface area contributed by atoms with Crippen LogP contribution in [0.5, 0.6) is 0 Å². The number of nitrogens with zero attached hydrogens (tertiary/aromatic N) is 4. The highest BCUT2D eigenvalue weighted by atomic mass is 79.9. The Morgan fingerprint density at radius 2 is 1.72 bits per heavy atom. The van der Waals surface area contributed by atoms with Crippen LogP contribution in [-0.4, -0.2) is 44.5 Å². The number of anilines is 1. The first-order chi connectivity index (χ1) is 17.6. The van der Waals surface area contributed by atoms with E-state index in [0.29, 0.717) is 18.1 Å². The Hall–Kier alpha value is -3.42. The second-order valence-electron chi connectivity index (χ2n) is 9.01. The first-order valence-corrected chi connectivity index (χ1v) is 13.1. The van der Waals surface area contributed by atoms with Crippen molar-refractivity contribution in [3.63, 3.8) is 0 Å². The molecule has 180 valence electrons. The third-order valence-corrected chi connectivity index (χ3v) is 7.60. The number of carbonyl (C=O) groups is 1. The molecule has 0 bridgehead atoms. The Bertz CT molecular complexity index is 1590. The predicted octanol–water partition coefficient (Wildman–Crippen LogP) is 6.68. The summed E-state index contributed by atoms with van der Waals surface area (Å²) in [6.07, 6.45) is 3.43. The summed E-state index contributed by atoms with van der Waals surface area (Å²) in [6.45, 7) is 1.38. The monoisotopic (exact) mass is 559 g/mol. The van der Waals surface area contributed by atoms with Crippen LogP contribution < -0.4 is 5.32 Å². The number of rotatable bonds is 4. The Labute approximate surface area is 222 Å². The summed E-state index contributed by atoms with van der Waals surface area (Å²) in [6, 6.07) is 23.9. The molecule has 5 aromatic rings. The Morgan fingerprint density at radius 1 is 0.972 bits per heavy atom. The summed E-state index contributed by atoms with van der Waals surface area (Å²) in [4.78, 5) is 19.9. The zero-order valence-corrected chi connectivity index (χ0v) is 21.7. The first-order valence-electron chi connectivity index (χ1n) is 11.9. The molecule has 0 saturated carbocycles. The maximum Gasteiger partial charge on any atom is 0.253 e. The number of aromatic nitrogens is 3. The molecule has 6 nitrogen and oxygen atoms in total. The minimum Gasteiger partial charge on any atom is -0.367 e. The summed E-state index contributed by atoms with van der Waals surface area (Å²) in [7, 11) is 0. The molecule has 2 aromatic heterocycles. The van der Waals surface area contributed by atoms with Crippen LogP contribution >= 0.6 is 27.5 Å². The number of benzene rings is 3. The van der Waals surface area contributed by atoms with Crippen molar-refractivity contribution in [1.29, 1.82) is 0 Å². The fraction of sp³-hybridized carbons (Fsp3) is 0.179. The summed E-state index contributed by atoms with van der Waals surface area (Å²) >= 11 is 10.0. The van der Waals surface area contributed by atoms with Gasteiger partial charge in [0.05, 0.1) is 16.4 Å². The highest BCUT2D eigenvalue weighted by molar-refractivity contribution is 9.10. The van der Waals surface area contributed by atoms with E-state index in [-0.39, 0.29) is 11.9 Å². The Morgan fingerprint density at radius 3 is 2.53 bits per heavy atom. The van der Waals surface area contributed by atoms with Crippen molar-refractivity contribution in [2.24, 2.45) is 0 Å². The average molecular weight is 561 g/mol. The van der Waals surface area contributed by atoms with E-state index in [9.17, 15) is 4.79 Å². The van der Waals surface area contributed by atoms with Gasteiger partial charge in [-0.05, 0) is 57.7 Å². The lowest BCUT2D eigenvalue weighted by atomic mass is 10.0. The smallest absolute Gasteiger partial charge is 0.253 e. The topological polar surface area (TPSA) is 62.5 Å². The van der Waals surface area contributed by atoms with E-state index in [1.807, 2.05) is 71.6 Å². The van der Waals surface area contributed by atoms with Gasteiger partial charge < -0.3 is 10.2 Å². The normalized spacial score (nSPS) is 14.4. The highest BCUT2D eigenvalue weighted by Crippen LogP contribution is 2.31. The number of carbonyl (C=O) groups excluding carboxylic acids is 1. The van der Waals surface area contributed by atoms with Gasteiger partial charge in [-0.25, -0.2) is 4.98 Å². The van der Waals surface area contributed by atoms with Crippen LogP contribution in [0.25, 0.3) is 27.7 Å². The van der Waals surface area contributed by atoms with E-state index in [2.05, 4.69) is 32.4 Å².